The molecule has 2 saturated carbocycles. The summed E-state index contributed by atoms with van der Waals surface area (Å²) in [7, 11) is 0. The molecule has 3 atom stereocenters. The van der Waals surface area contributed by atoms with Crippen molar-refractivity contribution in [1.82, 2.24) is 10.6 Å². The Morgan fingerprint density at radius 3 is 2.68 bits per heavy atom. The normalized spacial score (nSPS) is 28.3. The zero-order chi connectivity index (χ0) is 13.1. The Morgan fingerprint density at radius 2 is 2.00 bits per heavy atom. The van der Waals surface area contributed by atoms with Crippen LogP contribution in [0.4, 0.5) is 0 Å². The largest absolute Gasteiger partial charge is 0.362 e. The van der Waals surface area contributed by atoms with Crippen molar-refractivity contribution in [1.29, 1.82) is 0 Å². The quantitative estimate of drug-likeness (QED) is 0.826. The highest BCUT2D eigenvalue weighted by molar-refractivity contribution is 7.80. The predicted octanol–water partition coefficient (Wildman–Crippen LogP) is 2.88. The molecule has 0 spiro atoms. The van der Waals surface area contributed by atoms with E-state index in [9.17, 15) is 0 Å². The molecule has 2 fully saturated rings. The van der Waals surface area contributed by atoms with Gasteiger partial charge in [0.05, 0.1) is 0 Å². The lowest BCUT2D eigenvalue weighted by atomic mass is 9.96. The number of fused-ring (bicyclic) bond motifs is 2. The first kappa shape index (κ1) is 12.9. The second kappa shape index (κ2) is 5.91. The van der Waals surface area contributed by atoms with E-state index in [2.05, 4.69) is 41.0 Å². The maximum Gasteiger partial charge on any atom is 0.166 e. The second-order valence-corrected chi connectivity index (χ2v) is 6.33. The van der Waals surface area contributed by atoms with Crippen LogP contribution in [0, 0.1) is 11.8 Å². The Balaban J connectivity index is 1.38. The molecule has 2 aliphatic carbocycles. The molecule has 0 aromatic heterocycles. The summed E-state index contributed by atoms with van der Waals surface area (Å²) in [6.07, 6.45) is 6.61. The minimum Gasteiger partial charge on any atom is -0.362 e. The van der Waals surface area contributed by atoms with Gasteiger partial charge in [-0.05, 0) is 55.3 Å². The molecule has 102 valence electrons. The molecule has 2 N–H and O–H groups in total. The van der Waals surface area contributed by atoms with E-state index in [1.807, 2.05) is 0 Å². The molecule has 19 heavy (non-hydrogen) atoms. The molecule has 2 bridgehead atoms. The molecule has 3 rings (SSSR count). The van der Waals surface area contributed by atoms with E-state index in [1.54, 1.807) is 0 Å². The summed E-state index contributed by atoms with van der Waals surface area (Å²) < 4.78 is 0. The third-order valence-corrected chi connectivity index (χ3v) is 4.86. The predicted molar refractivity (Wildman–Crippen MR) is 83.1 cm³/mol. The molecular weight excluding hydrogens is 252 g/mol. The molecule has 3 heteroatoms. The number of benzene rings is 1. The van der Waals surface area contributed by atoms with Crippen molar-refractivity contribution >= 4 is 17.3 Å². The fourth-order valence-electron chi connectivity index (χ4n) is 3.61. The Kier molecular flexibility index (Phi) is 4.02. The molecule has 0 aliphatic heterocycles. The first-order valence-corrected chi connectivity index (χ1v) is 7.80. The summed E-state index contributed by atoms with van der Waals surface area (Å²) in [5, 5.41) is 7.70. The van der Waals surface area contributed by atoms with E-state index < -0.39 is 0 Å². The molecule has 2 nitrogen and oxygen atoms in total. The summed E-state index contributed by atoms with van der Waals surface area (Å²) in [6, 6.07) is 11.2. The van der Waals surface area contributed by atoms with Crippen molar-refractivity contribution in [2.45, 2.75) is 38.1 Å². The first-order chi connectivity index (χ1) is 9.31. The van der Waals surface area contributed by atoms with Crippen molar-refractivity contribution in [3.8, 4) is 0 Å². The van der Waals surface area contributed by atoms with E-state index >= 15 is 0 Å². The van der Waals surface area contributed by atoms with Crippen molar-refractivity contribution in [3.05, 3.63) is 35.9 Å². The highest BCUT2D eigenvalue weighted by Gasteiger charge is 2.39. The Labute approximate surface area is 121 Å². The highest BCUT2D eigenvalue weighted by atomic mass is 32.1. The Hall–Kier alpha value is -1.09. The van der Waals surface area contributed by atoms with Gasteiger partial charge in [-0.3, -0.25) is 0 Å². The van der Waals surface area contributed by atoms with Crippen LogP contribution in [0.3, 0.4) is 0 Å². The molecule has 2 aliphatic rings. The third-order valence-electron chi connectivity index (χ3n) is 4.60. The van der Waals surface area contributed by atoms with E-state index in [0.29, 0.717) is 6.04 Å². The number of hydrogen-bond acceptors (Lipinski definition) is 1. The van der Waals surface area contributed by atoms with Gasteiger partial charge in [0.15, 0.2) is 5.11 Å². The van der Waals surface area contributed by atoms with Crippen LogP contribution in [0.1, 0.15) is 31.2 Å². The van der Waals surface area contributed by atoms with Crippen LogP contribution < -0.4 is 10.6 Å². The number of rotatable bonds is 4. The van der Waals surface area contributed by atoms with Crippen LogP contribution in [-0.2, 0) is 6.42 Å². The maximum absolute atomic E-state index is 5.40. The first-order valence-electron chi connectivity index (χ1n) is 7.39. The van der Waals surface area contributed by atoms with E-state index in [0.717, 1.165) is 29.9 Å². The van der Waals surface area contributed by atoms with Gasteiger partial charge < -0.3 is 10.6 Å². The Morgan fingerprint density at radius 1 is 1.16 bits per heavy atom. The molecule has 1 aromatic carbocycles. The van der Waals surface area contributed by atoms with Crippen LogP contribution in [0.5, 0.6) is 0 Å². The van der Waals surface area contributed by atoms with Crippen molar-refractivity contribution in [2.75, 3.05) is 6.54 Å². The van der Waals surface area contributed by atoms with Crippen molar-refractivity contribution < 1.29 is 0 Å². The SMILES string of the molecule is S=C(NCCc1ccccc1)N[C@@H]1C[C@H]2CC[C@H]1C2. The van der Waals surface area contributed by atoms with E-state index in [1.165, 1.54) is 31.2 Å². The van der Waals surface area contributed by atoms with Gasteiger partial charge in [0.25, 0.3) is 0 Å². The van der Waals surface area contributed by atoms with E-state index in [-0.39, 0.29) is 0 Å². The summed E-state index contributed by atoms with van der Waals surface area (Å²) in [6.45, 7) is 0.913. The van der Waals surface area contributed by atoms with Crippen LogP contribution >= 0.6 is 12.2 Å². The summed E-state index contributed by atoms with van der Waals surface area (Å²) in [5.41, 5.74) is 1.36. The van der Waals surface area contributed by atoms with Gasteiger partial charge in [-0.1, -0.05) is 36.8 Å². The fourth-order valence-corrected chi connectivity index (χ4v) is 3.86. The number of hydrogen-bond donors (Lipinski definition) is 2. The van der Waals surface area contributed by atoms with Crippen LogP contribution in [-0.4, -0.2) is 17.7 Å². The lowest BCUT2D eigenvalue weighted by Gasteiger charge is -2.24. The zero-order valence-corrected chi connectivity index (χ0v) is 12.1. The molecular formula is C16H22N2S. The van der Waals surface area contributed by atoms with Gasteiger partial charge in [-0.25, -0.2) is 0 Å². The van der Waals surface area contributed by atoms with Gasteiger partial charge in [-0.2, -0.15) is 0 Å². The van der Waals surface area contributed by atoms with Gasteiger partial charge in [0, 0.05) is 12.6 Å². The maximum atomic E-state index is 5.40. The van der Waals surface area contributed by atoms with Crippen LogP contribution in [0.15, 0.2) is 30.3 Å². The topological polar surface area (TPSA) is 24.1 Å². The van der Waals surface area contributed by atoms with Crippen molar-refractivity contribution in [3.63, 3.8) is 0 Å². The molecule has 0 heterocycles. The monoisotopic (exact) mass is 274 g/mol. The summed E-state index contributed by atoms with van der Waals surface area (Å²) in [5.74, 6) is 1.84. The van der Waals surface area contributed by atoms with E-state index in [4.69, 9.17) is 12.2 Å². The lowest BCUT2D eigenvalue weighted by Crippen LogP contribution is -2.44. The number of thiocarbonyl (C=S) groups is 1. The van der Waals surface area contributed by atoms with Gasteiger partial charge in [-0.15, -0.1) is 0 Å². The lowest BCUT2D eigenvalue weighted by molar-refractivity contribution is 0.389. The third kappa shape index (κ3) is 3.27. The summed E-state index contributed by atoms with van der Waals surface area (Å²) in [4.78, 5) is 0. The molecule has 0 unspecified atom stereocenters. The fraction of sp³-hybridized carbons (Fsp3) is 0.562. The molecule has 0 amide bonds. The molecule has 0 saturated heterocycles. The Bertz CT molecular complexity index is 432. The zero-order valence-electron chi connectivity index (χ0n) is 11.3. The number of nitrogens with one attached hydrogen (secondary N) is 2. The average Bonchev–Trinajstić information content (AvgIpc) is 3.02. The summed E-state index contributed by atoms with van der Waals surface area (Å²) >= 11 is 5.40. The minimum atomic E-state index is 0.635. The molecule has 0 radical (unpaired) electrons. The smallest absolute Gasteiger partial charge is 0.166 e. The van der Waals surface area contributed by atoms with Crippen molar-refractivity contribution in [2.24, 2.45) is 11.8 Å². The van der Waals surface area contributed by atoms with Gasteiger partial charge in [0.1, 0.15) is 0 Å². The van der Waals surface area contributed by atoms with Crippen LogP contribution in [0.2, 0.25) is 0 Å². The standard InChI is InChI=1S/C16H22N2S/c19-16(17-9-8-12-4-2-1-3-5-12)18-15-11-13-6-7-14(15)10-13/h1-5,13-15H,6-11H2,(H2,17,18,19)/t13-,14-,15+/m0/s1. The minimum absolute atomic E-state index is 0.635. The highest BCUT2D eigenvalue weighted by Crippen LogP contribution is 2.44. The van der Waals surface area contributed by atoms with Gasteiger partial charge >= 0.3 is 0 Å². The average molecular weight is 274 g/mol. The van der Waals surface area contributed by atoms with Gasteiger partial charge in [0.2, 0.25) is 0 Å². The van der Waals surface area contributed by atoms with Crippen LogP contribution in [0.25, 0.3) is 0 Å². The molecule has 1 aromatic rings. The second-order valence-electron chi connectivity index (χ2n) is 5.92.